The Morgan fingerprint density at radius 1 is 1.46 bits per heavy atom. The minimum absolute atomic E-state index is 0.106. The van der Waals surface area contributed by atoms with E-state index in [2.05, 4.69) is 10.4 Å². The molecule has 1 N–H and O–H groups in total. The summed E-state index contributed by atoms with van der Waals surface area (Å²) >= 11 is 5.50. The zero-order chi connectivity index (χ0) is 18.1. The molecule has 11 heteroatoms. The van der Waals surface area contributed by atoms with Crippen molar-refractivity contribution >= 4 is 28.9 Å². The van der Waals surface area contributed by atoms with E-state index in [0.717, 1.165) is 23.1 Å². The zero-order valence-corrected chi connectivity index (χ0v) is 12.8. The summed E-state index contributed by atoms with van der Waals surface area (Å²) < 4.78 is 39.4. The van der Waals surface area contributed by atoms with Crippen LogP contribution in [0.15, 0.2) is 30.6 Å². The number of anilines is 1. The minimum Gasteiger partial charge on any atom is -0.324 e. The summed E-state index contributed by atoms with van der Waals surface area (Å²) in [5, 5.41) is 16.1. The van der Waals surface area contributed by atoms with Gasteiger partial charge in [0, 0.05) is 5.69 Å². The van der Waals surface area contributed by atoms with Crippen LogP contribution in [0.3, 0.4) is 0 Å². The van der Waals surface area contributed by atoms with Crippen LogP contribution in [0.25, 0.3) is 0 Å². The number of carbonyl (C=O) groups is 1. The third-order valence-electron chi connectivity index (χ3n) is 3.11. The van der Waals surface area contributed by atoms with Gasteiger partial charge in [-0.05, 0) is 25.1 Å². The molecule has 2 rings (SSSR count). The quantitative estimate of drug-likeness (QED) is 0.663. The Balaban J connectivity index is 2.18. The molecule has 0 spiro atoms. The Kier molecular flexibility index (Phi) is 4.78. The highest BCUT2D eigenvalue weighted by Crippen LogP contribution is 2.36. The van der Waals surface area contributed by atoms with Crippen LogP contribution in [0.1, 0.15) is 18.5 Å². The number of amides is 1. The molecular formula is C13H10ClF3N4O3. The van der Waals surface area contributed by atoms with Gasteiger partial charge in [-0.2, -0.15) is 18.3 Å². The number of nitrogens with zero attached hydrogens (tertiary/aromatic N) is 3. The van der Waals surface area contributed by atoms with Crippen LogP contribution in [0.4, 0.5) is 24.5 Å². The number of hydrogen-bond donors (Lipinski definition) is 1. The van der Waals surface area contributed by atoms with Gasteiger partial charge in [0.05, 0.1) is 15.5 Å². The van der Waals surface area contributed by atoms with Crippen molar-refractivity contribution in [3.63, 3.8) is 0 Å². The van der Waals surface area contributed by atoms with E-state index in [0.29, 0.717) is 6.07 Å². The number of benzene rings is 1. The van der Waals surface area contributed by atoms with E-state index >= 15 is 0 Å². The first-order chi connectivity index (χ1) is 11.1. The minimum atomic E-state index is -4.66. The molecule has 0 saturated heterocycles. The number of carbonyl (C=O) groups excluding carboxylic acids is 1. The number of rotatable bonds is 4. The smallest absolute Gasteiger partial charge is 0.324 e. The van der Waals surface area contributed by atoms with E-state index in [9.17, 15) is 28.1 Å². The molecule has 0 aliphatic carbocycles. The third kappa shape index (κ3) is 3.82. The van der Waals surface area contributed by atoms with Crippen LogP contribution in [0, 0.1) is 10.1 Å². The fraction of sp³-hybridized carbons (Fsp3) is 0.231. The molecule has 128 valence electrons. The number of hydrogen-bond acceptors (Lipinski definition) is 4. The maximum absolute atomic E-state index is 12.8. The van der Waals surface area contributed by atoms with Crippen LogP contribution in [-0.4, -0.2) is 20.6 Å². The largest absolute Gasteiger partial charge is 0.417 e. The van der Waals surface area contributed by atoms with E-state index in [4.69, 9.17) is 11.6 Å². The molecule has 1 atom stereocenters. The van der Waals surface area contributed by atoms with Gasteiger partial charge >= 0.3 is 11.9 Å². The second kappa shape index (κ2) is 6.48. The second-order valence-corrected chi connectivity index (χ2v) is 5.20. The van der Waals surface area contributed by atoms with Gasteiger partial charge in [-0.25, -0.2) is 0 Å². The standard InChI is InChI=1S/C13H10ClF3N4O3/c1-7(20-6-9(5-18-20)21(23)24)12(22)19-8-2-3-11(14)10(4-8)13(15,16)17/h2-7H,1H3,(H,19,22)/t7-/m0/s1. The number of nitro groups is 1. The van der Waals surface area contributed by atoms with Gasteiger partial charge in [0.2, 0.25) is 5.91 Å². The Morgan fingerprint density at radius 3 is 2.67 bits per heavy atom. The van der Waals surface area contributed by atoms with Gasteiger partial charge in [-0.3, -0.25) is 19.6 Å². The monoisotopic (exact) mass is 362 g/mol. The van der Waals surface area contributed by atoms with Crippen molar-refractivity contribution in [3.05, 3.63) is 51.3 Å². The Hall–Kier alpha value is -2.62. The lowest BCUT2D eigenvalue weighted by Gasteiger charge is -2.14. The zero-order valence-electron chi connectivity index (χ0n) is 12.0. The van der Waals surface area contributed by atoms with Crippen LogP contribution >= 0.6 is 11.6 Å². The topological polar surface area (TPSA) is 90.1 Å². The summed E-state index contributed by atoms with van der Waals surface area (Å²) in [6.45, 7) is 1.40. The Morgan fingerprint density at radius 2 is 2.12 bits per heavy atom. The first-order valence-corrected chi connectivity index (χ1v) is 6.83. The summed E-state index contributed by atoms with van der Waals surface area (Å²) in [6, 6.07) is 1.97. The number of nitrogens with one attached hydrogen (secondary N) is 1. The molecule has 0 radical (unpaired) electrons. The lowest BCUT2D eigenvalue weighted by molar-refractivity contribution is -0.385. The van der Waals surface area contributed by atoms with Gasteiger partial charge in [-0.1, -0.05) is 11.6 Å². The molecule has 0 aliphatic rings. The van der Waals surface area contributed by atoms with Crippen LogP contribution in [0.5, 0.6) is 0 Å². The molecule has 1 aromatic carbocycles. The highest BCUT2D eigenvalue weighted by molar-refractivity contribution is 6.31. The highest BCUT2D eigenvalue weighted by atomic mass is 35.5. The molecule has 24 heavy (non-hydrogen) atoms. The van der Waals surface area contributed by atoms with E-state index in [1.807, 2.05) is 0 Å². The number of aromatic nitrogens is 2. The summed E-state index contributed by atoms with van der Waals surface area (Å²) in [5.41, 5.74) is -1.49. The van der Waals surface area contributed by atoms with Gasteiger partial charge in [0.1, 0.15) is 18.4 Å². The van der Waals surface area contributed by atoms with E-state index < -0.39 is 33.6 Å². The average Bonchev–Trinajstić information content (AvgIpc) is 2.97. The summed E-state index contributed by atoms with van der Waals surface area (Å²) in [6.07, 6.45) is -2.65. The second-order valence-electron chi connectivity index (χ2n) is 4.79. The SMILES string of the molecule is C[C@@H](C(=O)Nc1ccc(Cl)c(C(F)(F)F)c1)n1cc([N+](=O)[O-])cn1. The van der Waals surface area contributed by atoms with Crippen molar-refractivity contribution in [2.75, 3.05) is 5.32 Å². The van der Waals surface area contributed by atoms with Crippen molar-refractivity contribution in [2.45, 2.75) is 19.1 Å². The highest BCUT2D eigenvalue weighted by Gasteiger charge is 2.33. The van der Waals surface area contributed by atoms with Gasteiger partial charge < -0.3 is 5.32 Å². The predicted octanol–water partition coefficient (Wildman–Crippen LogP) is 3.66. The molecule has 0 saturated carbocycles. The number of halogens is 4. The Labute approximate surface area is 138 Å². The first kappa shape index (κ1) is 17.7. The van der Waals surface area contributed by atoms with Crippen LogP contribution < -0.4 is 5.32 Å². The van der Waals surface area contributed by atoms with Gasteiger partial charge in [0.15, 0.2) is 0 Å². The van der Waals surface area contributed by atoms with Crippen molar-refractivity contribution in [2.24, 2.45) is 0 Å². The van der Waals surface area contributed by atoms with Crippen molar-refractivity contribution in [3.8, 4) is 0 Å². The molecule has 7 nitrogen and oxygen atoms in total. The average molecular weight is 363 g/mol. The first-order valence-electron chi connectivity index (χ1n) is 6.45. The number of alkyl halides is 3. The van der Waals surface area contributed by atoms with E-state index in [1.54, 1.807) is 0 Å². The summed E-state index contributed by atoms with van der Waals surface area (Å²) in [4.78, 5) is 22.0. The van der Waals surface area contributed by atoms with E-state index in [1.165, 1.54) is 13.0 Å². The van der Waals surface area contributed by atoms with E-state index in [-0.39, 0.29) is 11.4 Å². The van der Waals surface area contributed by atoms with Crippen molar-refractivity contribution in [1.29, 1.82) is 0 Å². The lowest BCUT2D eigenvalue weighted by atomic mass is 10.2. The summed E-state index contributed by atoms with van der Waals surface area (Å²) in [7, 11) is 0. The predicted molar refractivity (Wildman–Crippen MR) is 78.7 cm³/mol. The molecule has 1 aromatic heterocycles. The maximum atomic E-state index is 12.8. The molecule has 1 amide bonds. The van der Waals surface area contributed by atoms with Crippen molar-refractivity contribution in [1.82, 2.24) is 9.78 Å². The van der Waals surface area contributed by atoms with Crippen LogP contribution in [-0.2, 0) is 11.0 Å². The maximum Gasteiger partial charge on any atom is 0.417 e. The molecule has 0 bridgehead atoms. The lowest BCUT2D eigenvalue weighted by Crippen LogP contribution is -2.24. The molecule has 0 unspecified atom stereocenters. The molecule has 1 heterocycles. The molecule has 0 fully saturated rings. The fourth-order valence-corrected chi connectivity index (χ4v) is 2.05. The molecular weight excluding hydrogens is 353 g/mol. The van der Waals surface area contributed by atoms with Gasteiger partial charge in [-0.15, -0.1) is 0 Å². The van der Waals surface area contributed by atoms with Crippen molar-refractivity contribution < 1.29 is 22.9 Å². The normalized spacial score (nSPS) is 12.7. The molecule has 2 aromatic rings. The third-order valence-corrected chi connectivity index (χ3v) is 3.44. The summed E-state index contributed by atoms with van der Waals surface area (Å²) in [5.74, 6) is -0.691. The van der Waals surface area contributed by atoms with Crippen LogP contribution in [0.2, 0.25) is 5.02 Å². The fourth-order valence-electron chi connectivity index (χ4n) is 1.82. The molecule has 0 aliphatic heterocycles. The van der Waals surface area contributed by atoms with Gasteiger partial charge in [0.25, 0.3) is 0 Å². The Bertz CT molecular complexity index is 791.